The van der Waals surface area contributed by atoms with Crippen LogP contribution in [0.1, 0.15) is 457 Å². The summed E-state index contributed by atoms with van der Waals surface area (Å²) in [5.74, 6) is 2.59. The Morgan fingerprint density at radius 1 is 0.329 bits per heavy atom. The van der Waals surface area contributed by atoms with Gasteiger partial charge in [-0.05, 0) is 131 Å². The highest BCUT2D eigenvalue weighted by Crippen LogP contribution is 2.37. The minimum Gasteiger partial charge on any atom is -0.0654 e. The molecule has 0 unspecified atom stereocenters. The molecule has 536 valence electrons. The van der Waals surface area contributed by atoms with Gasteiger partial charge in [-0.3, -0.25) is 0 Å². The molecule has 0 atom stereocenters. The third-order valence-corrected chi connectivity index (χ3v) is 13.0. The summed E-state index contributed by atoms with van der Waals surface area (Å²) in [7, 11) is 0. The van der Waals surface area contributed by atoms with Crippen LogP contribution in [-0.2, 0) is 0 Å². The lowest BCUT2D eigenvalue weighted by atomic mass is 9.71. The Bertz CT molecular complexity index is 1410. The van der Waals surface area contributed by atoms with Gasteiger partial charge in [-0.2, -0.15) is 0 Å². The Labute approximate surface area is 567 Å². The van der Waals surface area contributed by atoms with E-state index in [2.05, 4.69) is 291 Å². The Hall–Kier alpha value is 0. The van der Waals surface area contributed by atoms with E-state index in [4.69, 9.17) is 11.0 Å². The van der Waals surface area contributed by atoms with Gasteiger partial charge >= 0.3 is 0 Å². The zero-order valence-corrected chi connectivity index (χ0v) is 72.6. The predicted octanol–water partition coefficient (Wildman–Crippen LogP) is 33.5. The molecule has 0 spiro atoms. The van der Waals surface area contributed by atoms with Gasteiger partial charge in [0.2, 0.25) is 0 Å². The molecule has 85 heavy (non-hydrogen) atoms. The Morgan fingerprint density at radius 3 is 0.529 bits per heavy atom. The first-order valence-corrected chi connectivity index (χ1v) is 34.9. The molecule has 0 aromatic rings. The molecule has 0 heteroatoms. The van der Waals surface area contributed by atoms with Gasteiger partial charge in [0, 0.05) is 11.0 Å². The minimum absolute atomic E-state index is 0.0903. The van der Waals surface area contributed by atoms with Crippen molar-refractivity contribution >= 4 is 0 Å². The summed E-state index contributed by atoms with van der Waals surface area (Å²) in [6.45, 7) is 120. The lowest BCUT2D eigenvalue weighted by molar-refractivity contribution is 0.157. The van der Waals surface area contributed by atoms with Gasteiger partial charge in [0.05, 0.1) is 0 Å². The second-order valence-corrected chi connectivity index (χ2v) is 40.8. The molecule has 0 aliphatic heterocycles. The van der Waals surface area contributed by atoms with Crippen molar-refractivity contribution in [3.63, 3.8) is 0 Å². The van der Waals surface area contributed by atoms with Crippen LogP contribution in [0.4, 0.5) is 0 Å². The summed E-state index contributed by atoms with van der Waals surface area (Å²) in [6, 6.07) is 0. The van der Waals surface area contributed by atoms with Crippen LogP contribution in [0, 0.1) is 112 Å². The van der Waals surface area contributed by atoms with Crippen molar-refractivity contribution in [2.24, 2.45) is 112 Å². The van der Waals surface area contributed by atoms with Crippen LogP contribution in [0.15, 0.2) is 0 Å². The highest BCUT2D eigenvalue weighted by Gasteiger charge is 2.27. The second-order valence-electron chi connectivity index (χ2n) is 40.8. The number of hydrogen-bond acceptors (Lipinski definition) is 0. The molecule has 0 amide bonds. The van der Waals surface area contributed by atoms with Crippen LogP contribution in [0.2, 0.25) is 0 Å². The summed E-state index contributed by atoms with van der Waals surface area (Å²) < 4.78 is 58.3. The Kier molecular flexibility index (Phi) is 60.1. The van der Waals surface area contributed by atoms with Crippen LogP contribution < -0.4 is 0 Å². The molecule has 0 saturated carbocycles. The standard InChI is InChI=1S/C9H20.3C8H18.4C7H16.C6H14.2C5H12.2C4H10/c1-6-8(7-2)9(3,4)5;2*1-7(2)6-8(3,4)5;1-7(2,3)8(4,5)6;3*1-6(2)7(3,4)5;1-5-6-7(2,3)4;1-5-6(2,3)4;2*1-5(2,3)4;2*1-4(2)3/h8H,6-7H2,1-5H3;2*7H,6H2,1-5H3;1-6H3;3*6H,1-5H3;5-6H2,1-4H3;5H2,1-4H3;2*1-4H3;2*4H,1-3H3/i;6D2;;;2*6D;;;;1D3;;4D;. The van der Waals surface area contributed by atoms with Crippen molar-refractivity contribution in [2.45, 2.75) is 446 Å². The zero-order chi connectivity index (χ0) is 80.6. The molecule has 0 nitrogen and oxygen atoms in total. The summed E-state index contributed by atoms with van der Waals surface area (Å²) in [5.41, 5.74) is 3.40. The highest BCUT2D eigenvalue weighted by atomic mass is 14.3. The molecule has 0 rings (SSSR count). The largest absolute Gasteiger partial charge is 0.0654 e. The lowest BCUT2D eigenvalue weighted by Crippen LogP contribution is -2.25. The number of rotatable bonds is 5. The molecule has 0 aromatic heterocycles. The molecular formula is C85H196. The van der Waals surface area contributed by atoms with Crippen molar-refractivity contribution < 1.29 is 11.0 Å². The maximum atomic E-state index is 7.70. The molecule has 0 fully saturated rings. The maximum Gasteiger partial charge on any atom is 0.0302 e. The maximum absolute atomic E-state index is 7.70. The van der Waals surface area contributed by atoms with E-state index in [0.29, 0.717) is 43.3 Å². The van der Waals surface area contributed by atoms with Crippen molar-refractivity contribution in [2.75, 3.05) is 0 Å². The molecular weight excluding hydrogens is 1020 g/mol. The van der Waals surface area contributed by atoms with Gasteiger partial charge in [-0.25, -0.2) is 0 Å². The summed E-state index contributed by atoms with van der Waals surface area (Å²) in [4.78, 5) is 0. The van der Waals surface area contributed by atoms with E-state index in [1.807, 2.05) is 83.1 Å². The molecule has 0 saturated heterocycles. The van der Waals surface area contributed by atoms with E-state index in [1.165, 1.54) is 38.5 Å². The SMILES string of the molecule is CC(C)(C)C.CC(C)(C)C(C)(C)C.CC(C)C.CC(C)C(C)(C)C.CC(C)CC(C)(C)C.CCC(C)(C)C.CCC(CC)C(C)(C)C.CCCC(C)(C)C.[2H]C(C)(C)C.[2H]C(C)(C)C(C)(C)C.[2H]C(C)(C)C(C)(C)C.[2H]C([2H])(C(C)C)C(C)(C)C.[2H]C([2H])([2H])C(C)(C)C. The Morgan fingerprint density at radius 2 is 0.529 bits per heavy atom. The smallest absolute Gasteiger partial charge is 0.0302 e. The molecule has 0 N–H and O–H groups in total. The van der Waals surface area contributed by atoms with Gasteiger partial charge in [0.1, 0.15) is 0 Å². The summed E-state index contributed by atoms with van der Waals surface area (Å²) in [5, 5.41) is 0. The van der Waals surface area contributed by atoms with Gasteiger partial charge in [0.15, 0.2) is 0 Å². The fourth-order valence-electron chi connectivity index (χ4n) is 4.35. The van der Waals surface area contributed by atoms with Crippen LogP contribution in [-0.4, -0.2) is 0 Å². The van der Waals surface area contributed by atoms with E-state index in [9.17, 15) is 0 Å². The monoisotopic (exact) mass is 1230 g/mol. The third kappa shape index (κ3) is 194. The predicted molar refractivity (Wildman–Crippen MR) is 419 cm³/mol. The zero-order valence-electron chi connectivity index (χ0n) is 80.6. The fraction of sp³-hybridized carbons (Fsp3) is 1.00. The Balaban J connectivity index is -0.0000000681. The normalized spacial score (nSPS) is 14.4. The molecule has 0 aliphatic rings. The van der Waals surface area contributed by atoms with Gasteiger partial charge < -0.3 is 0 Å². The first-order valence-electron chi connectivity index (χ1n) is 38.9. The van der Waals surface area contributed by atoms with Crippen molar-refractivity contribution in [1.82, 2.24) is 0 Å². The number of hydrogen-bond donors (Lipinski definition) is 0. The van der Waals surface area contributed by atoms with Gasteiger partial charge in [-0.1, -0.05) is 427 Å². The quantitative estimate of drug-likeness (QED) is 0.257. The summed E-state index contributed by atoms with van der Waals surface area (Å²) >= 11 is 0. The van der Waals surface area contributed by atoms with Crippen LogP contribution in [0.3, 0.4) is 0 Å². The second kappa shape index (κ2) is 54.5. The van der Waals surface area contributed by atoms with Crippen LogP contribution >= 0.6 is 0 Å². The molecule has 0 bridgehead atoms. The van der Waals surface area contributed by atoms with Crippen LogP contribution in [0.25, 0.3) is 0 Å². The van der Waals surface area contributed by atoms with Crippen molar-refractivity contribution in [3.05, 3.63) is 0 Å². The van der Waals surface area contributed by atoms with E-state index in [0.717, 1.165) is 23.7 Å². The fourth-order valence-corrected chi connectivity index (χ4v) is 4.35. The van der Waals surface area contributed by atoms with E-state index >= 15 is 0 Å². The van der Waals surface area contributed by atoms with Crippen molar-refractivity contribution in [3.8, 4) is 0 Å². The van der Waals surface area contributed by atoms with Gasteiger partial charge in [-0.15, -0.1) is 0 Å². The molecule has 0 heterocycles. The summed E-state index contributed by atoms with van der Waals surface area (Å²) in [6.07, 6.45) is 6.82. The third-order valence-electron chi connectivity index (χ3n) is 13.0. The van der Waals surface area contributed by atoms with Crippen molar-refractivity contribution in [1.29, 1.82) is 0 Å². The molecule has 0 aliphatic carbocycles. The van der Waals surface area contributed by atoms with E-state index < -0.39 is 18.6 Å². The lowest BCUT2D eigenvalue weighted by Gasteiger charge is -2.34. The molecule has 0 radical (unpaired) electrons. The minimum atomic E-state index is -1.81. The highest BCUT2D eigenvalue weighted by molar-refractivity contribution is 4.77. The average molecular weight is 1230 g/mol. The first kappa shape index (κ1) is 93.7. The topological polar surface area (TPSA) is 0 Å². The van der Waals surface area contributed by atoms with E-state index in [1.54, 1.807) is 20.8 Å². The van der Waals surface area contributed by atoms with E-state index in [-0.39, 0.29) is 39.8 Å². The average Bonchev–Trinajstić information content (AvgIpc) is 3.16. The molecule has 0 aromatic carbocycles. The van der Waals surface area contributed by atoms with Gasteiger partial charge in [0.25, 0.3) is 0 Å². The first-order chi connectivity index (χ1) is 38.9. The van der Waals surface area contributed by atoms with Crippen LogP contribution in [0.5, 0.6) is 0 Å².